The number of aromatic hydroxyl groups is 1. The summed E-state index contributed by atoms with van der Waals surface area (Å²) in [6.07, 6.45) is -0.0754. The van der Waals surface area contributed by atoms with Gasteiger partial charge in [-0.2, -0.15) is 0 Å². The van der Waals surface area contributed by atoms with Gasteiger partial charge in [0.15, 0.2) is 5.11 Å². The molecule has 9 heteroatoms. The molecule has 4 N–H and O–H groups in total. The van der Waals surface area contributed by atoms with Crippen LogP contribution in [0, 0.1) is 5.82 Å². The van der Waals surface area contributed by atoms with E-state index in [-0.39, 0.29) is 42.5 Å². The minimum atomic E-state index is -0.773. The Hall–Kier alpha value is -3.86. The maximum absolute atomic E-state index is 13.5. The van der Waals surface area contributed by atoms with Crippen molar-refractivity contribution >= 4 is 23.0 Å². The third-order valence-electron chi connectivity index (χ3n) is 9.22. The fourth-order valence-electron chi connectivity index (χ4n) is 6.74. The van der Waals surface area contributed by atoms with E-state index in [1.54, 1.807) is 18.2 Å². The summed E-state index contributed by atoms with van der Waals surface area (Å²) in [4.78, 5) is 4.09. The van der Waals surface area contributed by atoms with Gasteiger partial charge in [-0.3, -0.25) is 0 Å². The van der Waals surface area contributed by atoms with Crippen molar-refractivity contribution in [2.75, 3.05) is 18.6 Å². The number of phenols is 1. The van der Waals surface area contributed by atoms with Gasteiger partial charge in [0, 0.05) is 31.1 Å². The first-order valence-corrected chi connectivity index (χ1v) is 16.1. The normalized spacial score (nSPS) is 23.9. The maximum Gasteiger partial charge on any atom is 0.176 e. The molecule has 7 nitrogen and oxygen atoms in total. The molecule has 240 valence electrons. The quantitative estimate of drug-likeness (QED) is 0.155. The number of aliphatic hydroxyl groups is 3. The third-order valence-corrected chi connectivity index (χ3v) is 9.70. The zero-order chi connectivity index (χ0) is 32.4. The number of nitrogens with zero attached hydrogens (tertiary/aromatic N) is 2. The van der Waals surface area contributed by atoms with Crippen LogP contribution in [0.25, 0.3) is 11.1 Å². The molecular formula is C37H39FN2O5S. The lowest BCUT2D eigenvalue weighted by Gasteiger charge is -2.32. The van der Waals surface area contributed by atoms with Crippen LogP contribution in [0.3, 0.4) is 0 Å². The summed E-state index contributed by atoms with van der Waals surface area (Å²) >= 11 is 5.95. The molecule has 2 aliphatic rings. The molecule has 4 aromatic carbocycles. The third kappa shape index (κ3) is 6.65. The lowest BCUT2D eigenvalue weighted by atomic mass is 9.90. The summed E-state index contributed by atoms with van der Waals surface area (Å²) < 4.78 is 19.4. The van der Waals surface area contributed by atoms with E-state index in [1.807, 2.05) is 78.7 Å². The number of aliphatic hydroxyl groups excluding tert-OH is 3. The van der Waals surface area contributed by atoms with Crippen LogP contribution in [0.2, 0.25) is 0 Å². The van der Waals surface area contributed by atoms with E-state index < -0.39 is 12.2 Å². The number of phenolic OH excluding ortho intramolecular Hbond substituents is 1. The lowest BCUT2D eigenvalue weighted by molar-refractivity contribution is -0.113. The van der Waals surface area contributed by atoms with Gasteiger partial charge in [-0.1, -0.05) is 66.7 Å². The van der Waals surface area contributed by atoms with Crippen molar-refractivity contribution < 1.29 is 29.6 Å². The van der Waals surface area contributed by atoms with E-state index in [0.29, 0.717) is 36.4 Å². The first-order chi connectivity index (χ1) is 22.2. The van der Waals surface area contributed by atoms with Gasteiger partial charge < -0.3 is 35.0 Å². The highest BCUT2D eigenvalue weighted by molar-refractivity contribution is 7.80. The molecule has 0 aromatic heterocycles. The topological polar surface area (TPSA) is 96.6 Å². The Morgan fingerprint density at radius 1 is 0.935 bits per heavy atom. The highest BCUT2D eigenvalue weighted by Crippen LogP contribution is 2.45. The van der Waals surface area contributed by atoms with Gasteiger partial charge in [0.05, 0.1) is 43.1 Å². The van der Waals surface area contributed by atoms with E-state index in [1.165, 1.54) is 12.1 Å². The van der Waals surface area contributed by atoms with E-state index in [4.69, 9.17) is 17.0 Å². The number of thiocarbonyl (C=S) groups is 1. The monoisotopic (exact) mass is 642 g/mol. The van der Waals surface area contributed by atoms with Crippen LogP contribution in [0.4, 0.5) is 10.1 Å². The molecule has 0 aliphatic carbocycles. The Balaban J connectivity index is 1.27. The average Bonchev–Trinajstić information content (AvgIpc) is 3.32. The van der Waals surface area contributed by atoms with Crippen molar-refractivity contribution in [3.05, 3.63) is 120 Å². The Morgan fingerprint density at radius 2 is 1.63 bits per heavy atom. The number of rotatable bonds is 9. The summed E-state index contributed by atoms with van der Waals surface area (Å²) in [5.41, 5.74) is 4.96. The molecule has 0 saturated carbocycles. The molecule has 0 radical (unpaired) electrons. The first-order valence-electron chi connectivity index (χ1n) is 15.7. The van der Waals surface area contributed by atoms with Gasteiger partial charge in [-0.05, 0) is 77.6 Å². The number of para-hydroxylation sites is 1. The van der Waals surface area contributed by atoms with Crippen LogP contribution in [0.15, 0.2) is 97.1 Å². The molecule has 46 heavy (non-hydrogen) atoms. The van der Waals surface area contributed by atoms with E-state index in [9.17, 15) is 24.8 Å². The summed E-state index contributed by atoms with van der Waals surface area (Å²) in [6, 6.07) is 28.8. The predicted molar refractivity (Wildman–Crippen MR) is 180 cm³/mol. The molecule has 6 rings (SSSR count). The summed E-state index contributed by atoms with van der Waals surface area (Å²) in [5, 5.41) is 42.9. The van der Waals surface area contributed by atoms with Crippen LogP contribution in [-0.2, 0) is 4.74 Å². The standard InChI is InChI=1S/C37H39FN2O5S/c1-39-32(17-18-33(43)24-11-14-27(38)15-12-24)36(40(37(39)46)28-5-3-2-4-6-28)31-16-13-26(19-34(31)44)23-7-9-25(10-8-23)35-21-29(42)20-30(22-41)45-35/h2-16,19,29-30,32-33,35-36,41-44H,17-18,20-22H2,1H3. The smallest absolute Gasteiger partial charge is 0.176 e. The van der Waals surface area contributed by atoms with Crippen molar-refractivity contribution in [1.82, 2.24) is 4.90 Å². The Kier molecular flexibility index (Phi) is 9.67. The Morgan fingerprint density at radius 3 is 2.30 bits per heavy atom. The van der Waals surface area contributed by atoms with Crippen molar-refractivity contribution in [2.45, 2.75) is 62.2 Å². The van der Waals surface area contributed by atoms with E-state index in [0.717, 1.165) is 27.9 Å². The molecule has 6 atom stereocenters. The molecule has 0 spiro atoms. The van der Waals surface area contributed by atoms with Crippen molar-refractivity contribution in [3.63, 3.8) is 0 Å². The first kappa shape index (κ1) is 32.1. The van der Waals surface area contributed by atoms with E-state index >= 15 is 0 Å². The highest BCUT2D eigenvalue weighted by Gasteiger charge is 2.44. The molecule has 6 unspecified atom stereocenters. The van der Waals surface area contributed by atoms with Gasteiger partial charge in [0.1, 0.15) is 11.6 Å². The summed E-state index contributed by atoms with van der Waals surface area (Å²) in [7, 11) is 1.94. The number of hydrogen-bond acceptors (Lipinski definition) is 6. The highest BCUT2D eigenvalue weighted by atomic mass is 32.1. The second-order valence-corrected chi connectivity index (χ2v) is 12.6. The molecule has 2 saturated heterocycles. The van der Waals surface area contributed by atoms with E-state index in [2.05, 4.69) is 4.90 Å². The second-order valence-electron chi connectivity index (χ2n) is 12.2. The molecule has 4 aromatic rings. The van der Waals surface area contributed by atoms with Crippen LogP contribution in [-0.4, -0.2) is 62.3 Å². The molecule has 2 heterocycles. The number of likely N-dealkylation sites (N-methyl/N-ethyl adjacent to an activating group) is 1. The minimum absolute atomic E-state index is 0.129. The van der Waals surface area contributed by atoms with Crippen LogP contribution >= 0.6 is 12.2 Å². The number of ether oxygens (including phenoxy) is 1. The van der Waals surface area contributed by atoms with Gasteiger partial charge in [0.25, 0.3) is 0 Å². The number of benzene rings is 4. The van der Waals surface area contributed by atoms with Gasteiger partial charge in [0.2, 0.25) is 0 Å². The SMILES string of the molecule is CN1C(=S)N(c2ccccc2)C(c2ccc(-c3ccc(C4CC(O)CC(CO)O4)cc3)cc2O)C1CCC(O)c1ccc(F)cc1. The van der Waals surface area contributed by atoms with Crippen molar-refractivity contribution in [3.8, 4) is 16.9 Å². The Labute approximate surface area is 274 Å². The van der Waals surface area contributed by atoms with Gasteiger partial charge in [-0.25, -0.2) is 4.39 Å². The molecular weight excluding hydrogens is 603 g/mol. The van der Waals surface area contributed by atoms with Gasteiger partial charge in [-0.15, -0.1) is 0 Å². The fourth-order valence-corrected chi connectivity index (χ4v) is 7.09. The predicted octanol–water partition coefficient (Wildman–Crippen LogP) is 6.43. The largest absolute Gasteiger partial charge is 0.508 e. The van der Waals surface area contributed by atoms with Crippen LogP contribution in [0.5, 0.6) is 5.75 Å². The summed E-state index contributed by atoms with van der Waals surface area (Å²) in [5.74, 6) is -0.210. The zero-order valence-corrected chi connectivity index (χ0v) is 26.4. The number of halogens is 1. The minimum Gasteiger partial charge on any atom is -0.508 e. The van der Waals surface area contributed by atoms with Crippen molar-refractivity contribution in [1.29, 1.82) is 0 Å². The van der Waals surface area contributed by atoms with Crippen LogP contribution in [0.1, 0.15) is 60.6 Å². The zero-order valence-electron chi connectivity index (χ0n) is 25.6. The second kappa shape index (κ2) is 13.9. The lowest BCUT2D eigenvalue weighted by Crippen LogP contribution is -2.33. The van der Waals surface area contributed by atoms with Gasteiger partial charge >= 0.3 is 0 Å². The summed E-state index contributed by atoms with van der Waals surface area (Å²) in [6.45, 7) is -0.129. The molecule has 2 fully saturated rings. The Bertz CT molecular complexity index is 1640. The number of anilines is 1. The fraction of sp³-hybridized carbons (Fsp3) is 0.324. The number of hydrogen-bond donors (Lipinski definition) is 4. The van der Waals surface area contributed by atoms with Crippen molar-refractivity contribution in [2.24, 2.45) is 0 Å². The average molecular weight is 643 g/mol. The molecule has 2 aliphatic heterocycles. The molecule has 0 bridgehead atoms. The maximum atomic E-state index is 13.5. The van der Waals surface area contributed by atoms with Crippen LogP contribution < -0.4 is 4.90 Å². The molecule has 0 amide bonds.